The number of carboxylic acids is 1. The monoisotopic (exact) mass is 837 g/mol. The molecule has 2 aliphatic heterocycles. The summed E-state index contributed by atoms with van der Waals surface area (Å²) in [6, 6.07) is 7.86. The zero-order valence-electron chi connectivity index (χ0n) is 35.5. The third-order valence-electron chi connectivity index (χ3n) is 13.5. The number of amidine groups is 2. The number of dihydropyridines is 1. The van der Waals surface area contributed by atoms with E-state index in [1.54, 1.807) is 0 Å². The normalized spacial score (nSPS) is 28.6. The average Bonchev–Trinajstić information content (AvgIpc) is 3.74. The molecule has 2 aromatic heterocycles. The van der Waals surface area contributed by atoms with Crippen molar-refractivity contribution < 1.29 is 24.9 Å². The van der Waals surface area contributed by atoms with Gasteiger partial charge in [-0.1, -0.05) is 37.3 Å². The molecule has 4 heterocycles. The van der Waals surface area contributed by atoms with Gasteiger partial charge in [-0.2, -0.15) is 5.10 Å². The molecule has 4 saturated carbocycles. The quantitative estimate of drug-likeness (QED) is 0.0524. The first-order valence-electron chi connectivity index (χ1n) is 21.1. The van der Waals surface area contributed by atoms with Crippen LogP contribution in [0.2, 0.25) is 0 Å². The van der Waals surface area contributed by atoms with Gasteiger partial charge in [-0.3, -0.25) is 14.9 Å². The predicted octanol–water partition coefficient (Wildman–Crippen LogP) is 7.93. The summed E-state index contributed by atoms with van der Waals surface area (Å²) in [5.74, 6) is -0.443. The maximum Gasteiger partial charge on any atom is 0.303 e. The summed E-state index contributed by atoms with van der Waals surface area (Å²) in [7, 11) is 2.03. The fourth-order valence-electron chi connectivity index (χ4n) is 12.1. The number of hydrogen-bond acceptors (Lipinski definition) is 11. The number of likely N-dealkylation sites (tertiary alicyclic amines) is 1. The number of piperidine rings is 1. The highest BCUT2D eigenvalue weighted by Crippen LogP contribution is 2.72. The molecule has 60 heavy (non-hydrogen) atoms. The average molecular weight is 838 g/mol. The first kappa shape index (κ1) is 41.7. The molecule has 9 rings (SSSR count). The van der Waals surface area contributed by atoms with E-state index in [9.17, 15) is 20.4 Å². The van der Waals surface area contributed by atoms with E-state index in [2.05, 4.69) is 38.7 Å². The number of rotatable bonds is 14. The molecule has 3 aromatic rings. The van der Waals surface area contributed by atoms with E-state index in [0.29, 0.717) is 48.4 Å². The number of hydrogen-bond donors (Lipinski definition) is 6. The van der Waals surface area contributed by atoms with Crippen molar-refractivity contribution in [2.75, 3.05) is 33.3 Å². The molecule has 7 N–H and O–H groups in total. The van der Waals surface area contributed by atoms with E-state index >= 15 is 0 Å². The smallest absolute Gasteiger partial charge is 0.303 e. The van der Waals surface area contributed by atoms with Gasteiger partial charge in [-0.15, -0.1) is 0 Å². The lowest BCUT2D eigenvalue weighted by Crippen LogP contribution is -2.64. The van der Waals surface area contributed by atoms with Crippen LogP contribution >= 0.6 is 11.3 Å². The van der Waals surface area contributed by atoms with Crippen LogP contribution in [0.5, 0.6) is 0 Å². The number of fused-ring (bicyclic) bond motifs is 1. The van der Waals surface area contributed by atoms with Crippen molar-refractivity contribution in [1.82, 2.24) is 29.9 Å². The third kappa shape index (κ3) is 8.23. The Morgan fingerprint density at radius 3 is 2.55 bits per heavy atom. The number of carboxylic acid groups (broad SMARTS) is 1. The highest BCUT2D eigenvalue weighted by Gasteiger charge is 2.66. The van der Waals surface area contributed by atoms with Gasteiger partial charge in [0.1, 0.15) is 23.2 Å². The summed E-state index contributed by atoms with van der Waals surface area (Å²) in [4.78, 5) is 24.2. The molecule has 2 unspecified atom stereocenters. The molecule has 0 spiro atoms. The fourth-order valence-corrected chi connectivity index (χ4v) is 12.9. The van der Waals surface area contributed by atoms with Crippen molar-refractivity contribution in [1.29, 1.82) is 5.41 Å². The summed E-state index contributed by atoms with van der Waals surface area (Å²) in [5, 5.41) is 48.4. The lowest BCUT2D eigenvalue weighted by Gasteiger charge is -2.69. The minimum absolute atomic E-state index is 0.00418. The highest BCUT2D eigenvalue weighted by atomic mass is 32.1. The molecule has 6 aliphatic rings. The summed E-state index contributed by atoms with van der Waals surface area (Å²) in [6.45, 7) is 12.2. The molecular formula is C45H59N9O5S. The molecule has 14 nitrogen and oxygen atoms in total. The summed E-state index contributed by atoms with van der Waals surface area (Å²) >= 11 is 1.47. The van der Waals surface area contributed by atoms with Crippen molar-refractivity contribution >= 4 is 49.9 Å². The van der Waals surface area contributed by atoms with Crippen LogP contribution in [0.15, 0.2) is 76.2 Å². The lowest BCUT2D eigenvalue weighted by atomic mass is 9.39. The van der Waals surface area contributed by atoms with E-state index in [1.165, 1.54) is 17.8 Å². The van der Waals surface area contributed by atoms with E-state index in [4.69, 9.17) is 20.7 Å². The Morgan fingerprint density at radius 1 is 1.08 bits per heavy atom. The van der Waals surface area contributed by atoms with Gasteiger partial charge in [0.05, 0.1) is 28.6 Å². The van der Waals surface area contributed by atoms with Crippen LogP contribution in [-0.2, 0) is 16.1 Å². The SMILES string of the molecule is CC(=C1\CCCN(C2=CC=C(c3cnn(CC45CC6(C)CC(C)(C4)CC(OCCN(C)CCCC(=O)O)(C6)C5)c3C)C(=C(O)O)N2)C1=N)/C(N)=N\c1nc2ccccc2s1. The number of nitrogens with two attached hydrogens (primary N) is 1. The number of allylic oxidation sites excluding steroid dienone is 3. The minimum atomic E-state index is -0.838. The number of likely N-dealkylation sites (N-methyl/N-ethyl adjacent to an activating group) is 1. The van der Waals surface area contributed by atoms with Gasteiger partial charge in [-0.05, 0) is 131 Å². The zero-order chi connectivity index (χ0) is 42.6. The molecule has 5 fully saturated rings. The number of aliphatic hydroxyl groups is 2. The van der Waals surface area contributed by atoms with E-state index in [1.807, 2.05) is 68.4 Å². The number of aliphatic carboxylic acids is 1. The van der Waals surface area contributed by atoms with Crippen LogP contribution in [0, 0.1) is 28.6 Å². The van der Waals surface area contributed by atoms with Gasteiger partial charge in [0.2, 0.25) is 5.13 Å². The maximum atomic E-state index is 11.0. The van der Waals surface area contributed by atoms with Crippen molar-refractivity contribution in [2.45, 2.75) is 104 Å². The molecule has 1 saturated heterocycles. The number of aliphatic hydroxyl groups excluding tert-OH is 1. The number of nitrogens with zero attached hydrogens (tertiary/aromatic N) is 6. The van der Waals surface area contributed by atoms with Gasteiger partial charge in [0, 0.05) is 48.5 Å². The number of carbonyl (C=O) groups is 1. The largest absolute Gasteiger partial charge is 0.481 e. The Kier molecular flexibility index (Phi) is 11.0. The van der Waals surface area contributed by atoms with Crippen molar-refractivity contribution in [3.05, 3.63) is 82.5 Å². The Balaban J connectivity index is 0.998. The Bertz CT molecular complexity index is 2320. The molecule has 0 amide bonds. The van der Waals surface area contributed by atoms with Gasteiger partial charge in [0.15, 0.2) is 0 Å². The van der Waals surface area contributed by atoms with Crippen molar-refractivity contribution in [2.24, 2.45) is 27.0 Å². The summed E-state index contributed by atoms with van der Waals surface area (Å²) < 4.78 is 10.1. The fraction of sp³-hybridized carbons (Fsp3) is 0.533. The molecular weight excluding hydrogens is 779 g/mol. The molecule has 4 bridgehead atoms. The Hall–Kier alpha value is -4.99. The second-order valence-corrected chi connectivity index (χ2v) is 19.9. The van der Waals surface area contributed by atoms with Crippen LogP contribution in [0.1, 0.15) is 96.2 Å². The van der Waals surface area contributed by atoms with E-state index in [0.717, 1.165) is 90.8 Å². The second kappa shape index (κ2) is 15.8. The van der Waals surface area contributed by atoms with E-state index < -0.39 is 11.9 Å². The second-order valence-electron chi connectivity index (χ2n) is 18.9. The van der Waals surface area contributed by atoms with E-state index in [-0.39, 0.29) is 39.8 Å². The number of thiazole rings is 1. The molecule has 1 aromatic carbocycles. The molecule has 0 radical (unpaired) electrons. The summed E-state index contributed by atoms with van der Waals surface area (Å²) in [5.41, 5.74) is 11.5. The van der Waals surface area contributed by atoms with Gasteiger partial charge >= 0.3 is 5.97 Å². The first-order valence-corrected chi connectivity index (χ1v) is 21.9. The standard InChI is InChI=1S/C45H59N9O5S/c1-28(38(46)51-41-49-33-11-6-7-12-34(33)60-41)30-10-8-17-53(39(30)47)35-15-14-31(37(50-35)40(57)58)32-20-48-54(29(32)2)27-44-22-42(3)21-43(4,23-44)25-45(24-42,26-44)59-19-18-52(5)16-9-13-36(55)56/h6-7,11-12,14-15,20,47,50,57-58H,8-10,13,16-19,21-27H2,1-5H3,(H,55,56)(H2,46,49,51)/b30-28-,47-39?. The van der Waals surface area contributed by atoms with Gasteiger partial charge in [0.25, 0.3) is 5.95 Å². The number of aliphatic imine (C=N–C) groups is 1. The molecule has 4 aliphatic carbocycles. The van der Waals surface area contributed by atoms with Crippen LogP contribution in [0.25, 0.3) is 15.8 Å². The molecule has 2 atom stereocenters. The topological polar surface area (TPSA) is 198 Å². The van der Waals surface area contributed by atoms with Gasteiger partial charge in [-0.25, -0.2) is 9.98 Å². The maximum absolute atomic E-state index is 11.0. The number of aromatic nitrogens is 3. The minimum Gasteiger partial charge on any atom is -0.481 e. The van der Waals surface area contributed by atoms with Crippen LogP contribution in [0.4, 0.5) is 5.13 Å². The highest BCUT2D eigenvalue weighted by molar-refractivity contribution is 7.22. The van der Waals surface area contributed by atoms with Crippen LogP contribution in [-0.4, -0.2) is 96.4 Å². The first-order chi connectivity index (χ1) is 28.5. The predicted molar refractivity (Wildman–Crippen MR) is 235 cm³/mol. The van der Waals surface area contributed by atoms with Crippen molar-refractivity contribution in [3.63, 3.8) is 0 Å². The zero-order valence-corrected chi connectivity index (χ0v) is 36.3. The third-order valence-corrected chi connectivity index (χ3v) is 14.4. The number of benzene rings is 1. The number of ether oxygens (including phenoxy) is 1. The number of para-hydroxylation sites is 1. The van der Waals surface area contributed by atoms with Crippen molar-refractivity contribution in [3.8, 4) is 0 Å². The van der Waals surface area contributed by atoms with Crippen LogP contribution < -0.4 is 11.1 Å². The summed E-state index contributed by atoms with van der Waals surface area (Å²) in [6.07, 6.45) is 14.3. The lowest BCUT2D eigenvalue weighted by molar-refractivity contribution is -0.248. The van der Waals surface area contributed by atoms with Crippen LogP contribution in [0.3, 0.4) is 0 Å². The molecule has 15 heteroatoms. The molecule has 320 valence electrons. The Labute approximate surface area is 355 Å². The van der Waals surface area contributed by atoms with Gasteiger partial charge < -0.3 is 40.9 Å². The number of nitrogens with one attached hydrogen (secondary N) is 2. The Morgan fingerprint density at radius 2 is 1.83 bits per heavy atom.